The SMILES string of the molecule is C[NH+](C)CCC(=O)NCC1OCCc2ccccc21. The molecule has 1 aromatic rings. The van der Waals surface area contributed by atoms with E-state index in [9.17, 15) is 4.79 Å². The summed E-state index contributed by atoms with van der Waals surface area (Å²) in [4.78, 5) is 13.0. The molecule has 19 heavy (non-hydrogen) atoms. The number of hydrogen-bond donors (Lipinski definition) is 2. The second kappa shape index (κ2) is 6.68. The third kappa shape index (κ3) is 4.04. The topological polar surface area (TPSA) is 42.8 Å². The van der Waals surface area contributed by atoms with Gasteiger partial charge in [0.2, 0.25) is 5.91 Å². The first-order valence-electron chi connectivity index (χ1n) is 6.92. The maximum Gasteiger partial charge on any atom is 0.225 e. The molecule has 0 spiro atoms. The smallest absolute Gasteiger partial charge is 0.225 e. The standard InChI is InChI=1S/C15H22N2O2/c1-17(2)9-7-15(18)16-11-14-13-6-4-3-5-12(13)8-10-19-14/h3-6,14H,7-11H2,1-2H3,(H,16,18)/p+1. The Kier molecular flexibility index (Phi) is 4.93. The number of carbonyl (C=O) groups is 1. The van der Waals surface area contributed by atoms with Crippen molar-refractivity contribution in [3.63, 3.8) is 0 Å². The van der Waals surface area contributed by atoms with Crippen molar-refractivity contribution in [1.29, 1.82) is 0 Å². The van der Waals surface area contributed by atoms with E-state index < -0.39 is 0 Å². The van der Waals surface area contributed by atoms with Crippen LogP contribution in [0.2, 0.25) is 0 Å². The molecule has 1 aliphatic rings. The first-order valence-corrected chi connectivity index (χ1v) is 6.92. The van der Waals surface area contributed by atoms with E-state index in [1.54, 1.807) is 0 Å². The molecule has 4 nitrogen and oxygen atoms in total. The summed E-state index contributed by atoms with van der Waals surface area (Å²) in [6.07, 6.45) is 1.53. The van der Waals surface area contributed by atoms with E-state index in [0.717, 1.165) is 19.6 Å². The average molecular weight is 263 g/mol. The minimum atomic E-state index is 0.000558. The van der Waals surface area contributed by atoms with E-state index in [4.69, 9.17) is 4.74 Å². The number of hydrogen-bond acceptors (Lipinski definition) is 2. The number of benzene rings is 1. The number of rotatable bonds is 5. The molecular formula is C15H23N2O2+. The van der Waals surface area contributed by atoms with Crippen LogP contribution in [-0.2, 0) is 16.0 Å². The van der Waals surface area contributed by atoms with Crippen LogP contribution in [0.5, 0.6) is 0 Å². The first kappa shape index (κ1) is 14.0. The lowest BCUT2D eigenvalue weighted by molar-refractivity contribution is -0.857. The second-order valence-corrected chi connectivity index (χ2v) is 5.32. The second-order valence-electron chi connectivity index (χ2n) is 5.32. The Labute approximate surface area is 114 Å². The van der Waals surface area contributed by atoms with Gasteiger partial charge in [-0.25, -0.2) is 0 Å². The lowest BCUT2D eigenvalue weighted by Crippen LogP contribution is -3.05. The summed E-state index contributed by atoms with van der Waals surface area (Å²) in [5.74, 6) is 0.104. The Bertz CT molecular complexity index is 432. The molecule has 1 aliphatic heterocycles. The van der Waals surface area contributed by atoms with Gasteiger partial charge < -0.3 is 15.0 Å². The van der Waals surface area contributed by atoms with E-state index in [1.807, 2.05) is 20.2 Å². The van der Waals surface area contributed by atoms with E-state index >= 15 is 0 Å². The van der Waals surface area contributed by atoms with Crippen molar-refractivity contribution in [3.05, 3.63) is 35.4 Å². The first-order chi connectivity index (χ1) is 9.16. The van der Waals surface area contributed by atoms with Crippen LogP contribution in [0.3, 0.4) is 0 Å². The largest absolute Gasteiger partial charge is 0.371 e. The normalized spacial score (nSPS) is 18.2. The minimum absolute atomic E-state index is 0.000558. The fourth-order valence-electron chi connectivity index (χ4n) is 2.30. The summed E-state index contributed by atoms with van der Waals surface area (Å²) in [7, 11) is 4.10. The molecule has 0 bridgehead atoms. The van der Waals surface area contributed by atoms with E-state index in [2.05, 4.69) is 23.5 Å². The van der Waals surface area contributed by atoms with Gasteiger partial charge in [-0.1, -0.05) is 24.3 Å². The fourth-order valence-corrected chi connectivity index (χ4v) is 2.30. The highest BCUT2D eigenvalue weighted by atomic mass is 16.5. The summed E-state index contributed by atoms with van der Waals surface area (Å²) in [5.41, 5.74) is 2.55. The molecule has 0 saturated carbocycles. The summed E-state index contributed by atoms with van der Waals surface area (Å²) in [5, 5.41) is 2.97. The molecule has 1 aromatic carbocycles. The van der Waals surface area contributed by atoms with Gasteiger partial charge >= 0.3 is 0 Å². The Balaban J connectivity index is 1.86. The van der Waals surface area contributed by atoms with Gasteiger partial charge in [0.15, 0.2) is 0 Å². The molecule has 4 heteroatoms. The van der Waals surface area contributed by atoms with Crippen LogP contribution in [0.15, 0.2) is 24.3 Å². The van der Waals surface area contributed by atoms with Crippen molar-refractivity contribution in [1.82, 2.24) is 5.32 Å². The lowest BCUT2D eigenvalue weighted by Gasteiger charge is -2.26. The van der Waals surface area contributed by atoms with Crippen molar-refractivity contribution in [3.8, 4) is 0 Å². The van der Waals surface area contributed by atoms with Crippen LogP contribution in [0.25, 0.3) is 0 Å². The van der Waals surface area contributed by atoms with Gasteiger partial charge in [0.05, 0.1) is 33.7 Å². The lowest BCUT2D eigenvalue weighted by atomic mass is 9.97. The molecule has 1 amide bonds. The molecule has 0 saturated heterocycles. The number of amides is 1. The minimum Gasteiger partial charge on any atom is -0.371 e. The predicted molar refractivity (Wildman–Crippen MR) is 74.1 cm³/mol. The van der Waals surface area contributed by atoms with Gasteiger partial charge in [0.1, 0.15) is 6.10 Å². The molecule has 0 fully saturated rings. The van der Waals surface area contributed by atoms with Crippen molar-refractivity contribution in [2.45, 2.75) is 18.9 Å². The summed E-state index contributed by atoms with van der Waals surface area (Å²) >= 11 is 0. The molecule has 104 valence electrons. The number of nitrogens with one attached hydrogen (secondary N) is 2. The predicted octanol–water partition coefficient (Wildman–Crippen LogP) is -0.0488. The molecule has 1 heterocycles. The zero-order chi connectivity index (χ0) is 13.7. The third-order valence-electron chi connectivity index (χ3n) is 3.43. The van der Waals surface area contributed by atoms with Crippen LogP contribution in [0, 0.1) is 0 Å². The molecule has 2 rings (SSSR count). The monoisotopic (exact) mass is 263 g/mol. The van der Waals surface area contributed by atoms with Crippen molar-refractivity contribution in [2.24, 2.45) is 0 Å². The number of quaternary nitrogens is 1. The van der Waals surface area contributed by atoms with Gasteiger partial charge in [-0.3, -0.25) is 4.79 Å². The Morgan fingerprint density at radius 2 is 2.21 bits per heavy atom. The van der Waals surface area contributed by atoms with Crippen LogP contribution >= 0.6 is 0 Å². The Morgan fingerprint density at radius 1 is 1.42 bits per heavy atom. The molecule has 0 aromatic heterocycles. The van der Waals surface area contributed by atoms with Crippen LogP contribution in [0.4, 0.5) is 0 Å². The van der Waals surface area contributed by atoms with E-state index in [-0.39, 0.29) is 12.0 Å². The van der Waals surface area contributed by atoms with Crippen LogP contribution < -0.4 is 10.2 Å². The Hall–Kier alpha value is -1.39. The molecule has 0 aliphatic carbocycles. The van der Waals surface area contributed by atoms with Gasteiger partial charge in [-0.15, -0.1) is 0 Å². The Morgan fingerprint density at radius 3 is 3.00 bits per heavy atom. The molecule has 1 unspecified atom stereocenters. The highest BCUT2D eigenvalue weighted by molar-refractivity contribution is 5.75. The summed E-state index contributed by atoms with van der Waals surface area (Å²) in [6.45, 7) is 2.16. The molecule has 1 atom stereocenters. The fraction of sp³-hybridized carbons (Fsp3) is 0.533. The van der Waals surface area contributed by atoms with Crippen molar-refractivity contribution < 1.29 is 14.4 Å². The van der Waals surface area contributed by atoms with E-state index in [1.165, 1.54) is 16.0 Å². The highest BCUT2D eigenvalue weighted by Crippen LogP contribution is 2.26. The quantitative estimate of drug-likeness (QED) is 0.782. The maximum absolute atomic E-state index is 11.7. The molecular weight excluding hydrogens is 240 g/mol. The van der Waals surface area contributed by atoms with Gasteiger partial charge in [0.25, 0.3) is 0 Å². The van der Waals surface area contributed by atoms with Gasteiger partial charge in [-0.05, 0) is 17.5 Å². The van der Waals surface area contributed by atoms with Crippen molar-refractivity contribution >= 4 is 5.91 Å². The summed E-state index contributed by atoms with van der Waals surface area (Å²) in [6, 6.07) is 8.31. The van der Waals surface area contributed by atoms with E-state index in [0.29, 0.717) is 13.0 Å². The molecule has 2 N–H and O–H groups in total. The number of ether oxygens (including phenoxy) is 1. The van der Waals surface area contributed by atoms with Crippen LogP contribution in [-0.4, -0.2) is 39.7 Å². The zero-order valence-corrected chi connectivity index (χ0v) is 11.7. The number of carbonyl (C=O) groups excluding carboxylic acids is 1. The van der Waals surface area contributed by atoms with Crippen LogP contribution in [0.1, 0.15) is 23.7 Å². The highest BCUT2D eigenvalue weighted by Gasteiger charge is 2.20. The summed E-state index contributed by atoms with van der Waals surface area (Å²) < 4.78 is 5.76. The average Bonchev–Trinajstić information content (AvgIpc) is 2.42. The molecule has 0 radical (unpaired) electrons. The third-order valence-corrected chi connectivity index (χ3v) is 3.43. The maximum atomic E-state index is 11.7. The van der Waals surface area contributed by atoms with Gasteiger partial charge in [0, 0.05) is 6.54 Å². The number of fused-ring (bicyclic) bond motifs is 1. The zero-order valence-electron chi connectivity index (χ0n) is 11.7. The van der Waals surface area contributed by atoms with Gasteiger partial charge in [-0.2, -0.15) is 0 Å². The van der Waals surface area contributed by atoms with Crippen molar-refractivity contribution in [2.75, 3.05) is 33.8 Å².